The fraction of sp³-hybridized carbons (Fsp3) is 0.412. The van der Waals surface area contributed by atoms with Crippen molar-refractivity contribution in [3.8, 4) is 5.75 Å². The Kier molecular flexibility index (Phi) is 4.79. The van der Waals surface area contributed by atoms with E-state index in [0.717, 1.165) is 25.4 Å². The monoisotopic (exact) mass is 283 g/mol. The molecule has 0 spiro atoms. The van der Waals surface area contributed by atoms with E-state index < -0.39 is 0 Å². The molecule has 2 aromatic heterocycles. The summed E-state index contributed by atoms with van der Waals surface area (Å²) in [4.78, 5) is 10.7. The van der Waals surface area contributed by atoms with Crippen molar-refractivity contribution in [2.45, 2.75) is 19.4 Å². The molecular weight excluding hydrogens is 262 g/mol. The molecule has 4 nitrogen and oxygen atoms in total. The second kappa shape index (κ2) is 7.18. The summed E-state index contributed by atoms with van der Waals surface area (Å²) >= 11 is 0. The van der Waals surface area contributed by atoms with Gasteiger partial charge in [0.25, 0.3) is 0 Å². The lowest BCUT2D eigenvalue weighted by Crippen LogP contribution is -2.37. The molecule has 1 atom stereocenters. The van der Waals surface area contributed by atoms with Gasteiger partial charge in [0.2, 0.25) is 0 Å². The van der Waals surface area contributed by atoms with Crippen molar-refractivity contribution in [3.05, 3.63) is 54.6 Å². The summed E-state index contributed by atoms with van der Waals surface area (Å²) in [6, 6.07) is 7.97. The topological polar surface area (TPSA) is 38.2 Å². The highest BCUT2D eigenvalue weighted by Crippen LogP contribution is 2.19. The normalized spacial score (nSPS) is 19.3. The summed E-state index contributed by atoms with van der Waals surface area (Å²) in [6.45, 7) is 4.04. The number of hydrogen-bond donors (Lipinski definition) is 0. The average molecular weight is 283 g/mol. The van der Waals surface area contributed by atoms with Crippen LogP contribution < -0.4 is 4.74 Å². The number of likely N-dealkylation sites (tertiary alicyclic amines) is 1. The van der Waals surface area contributed by atoms with Crippen LogP contribution in [0, 0.1) is 5.92 Å². The highest BCUT2D eigenvalue weighted by atomic mass is 16.5. The molecule has 0 amide bonds. The minimum Gasteiger partial charge on any atom is -0.493 e. The van der Waals surface area contributed by atoms with Gasteiger partial charge in [0.1, 0.15) is 5.75 Å². The summed E-state index contributed by atoms with van der Waals surface area (Å²) < 4.78 is 5.86. The van der Waals surface area contributed by atoms with Gasteiger partial charge in [-0.25, -0.2) is 0 Å². The van der Waals surface area contributed by atoms with Crippen molar-refractivity contribution in [1.82, 2.24) is 14.9 Å². The molecule has 3 heterocycles. The van der Waals surface area contributed by atoms with Crippen molar-refractivity contribution in [1.29, 1.82) is 0 Å². The maximum absolute atomic E-state index is 5.86. The number of piperidine rings is 1. The Morgan fingerprint density at radius 1 is 1.14 bits per heavy atom. The number of pyridine rings is 2. The van der Waals surface area contributed by atoms with Crippen LogP contribution in [0.15, 0.2) is 49.1 Å². The van der Waals surface area contributed by atoms with E-state index in [1.54, 1.807) is 12.4 Å². The van der Waals surface area contributed by atoms with Crippen LogP contribution in [-0.4, -0.2) is 34.6 Å². The second-order valence-electron chi connectivity index (χ2n) is 5.60. The molecule has 0 saturated carbocycles. The van der Waals surface area contributed by atoms with Crippen LogP contribution >= 0.6 is 0 Å². The lowest BCUT2D eigenvalue weighted by atomic mass is 9.98. The van der Waals surface area contributed by atoms with E-state index in [-0.39, 0.29) is 0 Å². The summed E-state index contributed by atoms with van der Waals surface area (Å²) in [7, 11) is 0. The molecule has 0 radical (unpaired) electrons. The lowest BCUT2D eigenvalue weighted by Gasteiger charge is -2.32. The van der Waals surface area contributed by atoms with E-state index in [2.05, 4.69) is 20.9 Å². The molecule has 3 rings (SSSR count). The summed E-state index contributed by atoms with van der Waals surface area (Å²) in [5.41, 5.74) is 1.29. The molecular formula is C17H21N3O. The number of rotatable bonds is 5. The number of hydrogen-bond acceptors (Lipinski definition) is 4. The van der Waals surface area contributed by atoms with Crippen LogP contribution in [0.4, 0.5) is 0 Å². The number of aromatic nitrogens is 2. The van der Waals surface area contributed by atoms with Crippen molar-refractivity contribution >= 4 is 0 Å². The molecule has 2 aromatic rings. The van der Waals surface area contributed by atoms with Crippen LogP contribution in [0.25, 0.3) is 0 Å². The Morgan fingerprint density at radius 2 is 2.05 bits per heavy atom. The van der Waals surface area contributed by atoms with Crippen LogP contribution in [-0.2, 0) is 6.54 Å². The van der Waals surface area contributed by atoms with Gasteiger partial charge < -0.3 is 4.74 Å². The first-order chi connectivity index (χ1) is 10.4. The third-order valence-electron chi connectivity index (χ3n) is 3.87. The van der Waals surface area contributed by atoms with Crippen molar-refractivity contribution in [3.63, 3.8) is 0 Å². The van der Waals surface area contributed by atoms with Gasteiger partial charge in [-0.2, -0.15) is 0 Å². The summed E-state index contributed by atoms with van der Waals surface area (Å²) in [5, 5.41) is 0. The van der Waals surface area contributed by atoms with E-state index in [0.29, 0.717) is 5.92 Å². The molecule has 1 fully saturated rings. The van der Waals surface area contributed by atoms with Gasteiger partial charge in [0, 0.05) is 43.8 Å². The fourth-order valence-corrected chi connectivity index (χ4v) is 2.83. The quantitative estimate of drug-likeness (QED) is 0.845. The van der Waals surface area contributed by atoms with Crippen molar-refractivity contribution in [2.24, 2.45) is 5.92 Å². The zero-order chi connectivity index (χ0) is 14.3. The molecule has 0 N–H and O–H groups in total. The molecule has 110 valence electrons. The maximum atomic E-state index is 5.86. The first kappa shape index (κ1) is 14.0. The fourth-order valence-electron chi connectivity index (χ4n) is 2.83. The molecule has 4 heteroatoms. The minimum absolute atomic E-state index is 0.601. The highest BCUT2D eigenvalue weighted by molar-refractivity contribution is 5.16. The molecule has 1 unspecified atom stereocenters. The van der Waals surface area contributed by atoms with Gasteiger partial charge in [-0.3, -0.25) is 14.9 Å². The molecule has 21 heavy (non-hydrogen) atoms. The third-order valence-corrected chi connectivity index (χ3v) is 3.87. The smallest absolute Gasteiger partial charge is 0.122 e. The first-order valence-electron chi connectivity index (χ1n) is 7.54. The van der Waals surface area contributed by atoms with Crippen molar-refractivity contribution < 1.29 is 4.74 Å². The largest absolute Gasteiger partial charge is 0.493 e. The minimum atomic E-state index is 0.601. The van der Waals surface area contributed by atoms with E-state index in [9.17, 15) is 0 Å². The predicted molar refractivity (Wildman–Crippen MR) is 82.0 cm³/mol. The molecule has 0 aliphatic carbocycles. The summed E-state index contributed by atoms with van der Waals surface area (Å²) in [5.74, 6) is 1.51. The Bertz CT molecular complexity index is 532. The Hall–Kier alpha value is -1.94. The predicted octanol–water partition coefficient (Wildman–Crippen LogP) is 2.77. The van der Waals surface area contributed by atoms with Crippen LogP contribution in [0.5, 0.6) is 5.75 Å². The molecule has 0 bridgehead atoms. The lowest BCUT2D eigenvalue weighted by molar-refractivity contribution is 0.125. The van der Waals surface area contributed by atoms with E-state index >= 15 is 0 Å². The van der Waals surface area contributed by atoms with Gasteiger partial charge in [-0.05, 0) is 43.1 Å². The van der Waals surface area contributed by atoms with Crippen LogP contribution in [0.2, 0.25) is 0 Å². The number of ether oxygens (including phenoxy) is 1. The SMILES string of the molecule is c1cncc(CN2CCCC(COc3ccncc3)C2)c1. The van der Waals surface area contributed by atoms with Gasteiger partial charge in [-0.15, -0.1) is 0 Å². The number of nitrogens with zero attached hydrogens (tertiary/aromatic N) is 3. The van der Waals surface area contributed by atoms with Gasteiger partial charge in [0.05, 0.1) is 6.61 Å². The van der Waals surface area contributed by atoms with Crippen molar-refractivity contribution in [2.75, 3.05) is 19.7 Å². The Balaban J connectivity index is 1.49. The zero-order valence-electron chi connectivity index (χ0n) is 12.2. The first-order valence-corrected chi connectivity index (χ1v) is 7.54. The molecule has 1 saturated heterocycles. The molecule has 1 aliphatic rings. The van der Waals surface area contributed by atoms with E-state index in [4.69, 9.17) is 4.74 Å². The Morgan fingerprint density at radius 3 is 2.86 bits per heavy atom. The highest BCUT2D eigenvalue weighted by Gasteiger charge is 2.20. The summed E-state index contributed by atoms with van der Waals surface area (Å²) in [6.07, 6.45) is 9.80. The second-order valence-corrected chi connectivity index (χ2v) is 5.60. The average Bonchev–Trinajstić information content (AvgIpc) is 2.55. The van der Waals surface area contributed by atoms with Crippen LogP contribution in [0.1, 0.15) is 18.4 Å². The maximum Gasteiger partial charge on any atom is 0.122 e. The van der Waals surface area contributed by atoms with Gasteiger partial charge in [0.15, 0.2) is 0 Å². The standard InChI is InChI=1S/C17H21N3O/c1-3-15(11-19-7-1)12-20-10-2-4-16(13-20)14-21-17-5-8-18-9-6-17/h1,3,5-9,11,16H,2,4,10,12-14H2. The third kappa shape index (κ3) is 4.26. The van der Waals surface area contributed by atoms with Crippen LogP contribution in [0.3, 0.4) is 0 Å². The van der Waals surface area contributed by atoms with Gasteiger partial charge >= 0.3 is 0 Å². The van der Waals surface area contributed by atoms with E-state index in [1.807, 2.05) is 30.6 Å². The molecule has 0 aromatic carbocycles. The molecule has 1 aliphatic heterocycles. The Labute approximate surface area is 125 Å². The van der Waals surface area contributed by atoms with E-state index in [1.165, 1.54) is 24.9 Å². The van der Waals surface area contributed by atoms with Gasteiger partial charge in [-0.1, -0.05) is 6.07 Å². The zero-order valence-corrected chi connectivity index (χ0v) is 12.2.